The number of fused-ring (bicyclic) bond motifs is 3. The molecule has 3 aromatic carbocycles. The molecule has 0 N–H and O–H groups in total. The van der Waals surface area contributed by atoms with Crippen LogP contribution >= 0.6 is 11.3 Å². The van der Waals surface area contributed by atoms with Gasteiger partial charge < -0.3 is 0 Å². The van der Waals surface area contributed by atoms with Gasteiger partial charge in [0, 0.05) is 20.2 Å². The first kappa shape index (κ1) is 14.5. The fourth-order valence-electron chi connectivity index (χ4n) is 3.26. The zero-order chi connectivity index (χ0) is 16.0. The van der Waals surface area contributed by atoms with E-state index in [1.807, 2.05) is 11.3 Å². The third-order valence-corrected chi connectivity index (χ3v) is 5.71. The summed E-state index contributed by atoms with van der Waals surface area (Å²) in [7, 11) is 0. The highest BCUT2D eigenvalue weighted by Crippen LogP contribution is 2.43. The van der Waals surface area contributed by atoms with Crippen molar-refractivity contribution in [1.29, 1.82) is 0 Å². The molecule has 0 aliphatic rings. The van der Waals surface area contributed by atoms with Gasteiger partial charge in [-0.15, -0.1) is 11.3 Å². The van der Waals surface area contributed by atoms with Crippen LogP contribution in [0, 0.1) is 0 Å². The van der Waals surface area contributed by atoms with Gasteiger partial charge in [0.2, 0.25) is 0 Å². The maximum absolute atomic E-state index is 2.30. The van der Waals surface area contributed by atoms with Crippen molar-refractivity contribution in [2.45, 2.75) is 26.2 Å². The minimum atomic E-state index is 0.160. The molecule has 0 saturated carbocycles. The molecule has 23 heavy (non-hydrogen) atoms. The molecule has 0 unspecified atom stereocenters. The van der Waals surface area contributed by atoms with E-state index in [4.69, 9.17) is 0 Å². The minimum Gasteiger partial charge on any atom is -0.134 e. The van der Waals surface area contributed by atoms with E-state index in [-0.39, 0.29) is 5.41 Å². The van der Waals surface area contributed by atoms with E-state index in [0.717, 1.165) is 0 Å². The maximum Gasteiger partial charge on any atom is 0.0433 e. The summed E-state index contributed by atoms with van der Waals surface area (Å²) in [5.41, 5.74) is 4.23. The lowest BCUT2D eigenvalue weighted by Crippen LogP contribution is -2.10. The number of hydrogen-bond acceptors (Lipinski definition) is 1. The first-order valence-electron chi connectivity index (χ1n) is 8.06. The third-order valence-electron chi connectivity index (χ3n) is 4.42. The van der Waals surface area contributed by atoms with Gasteiger partial charge >= 0.3 is 0 Å². The topological polar surface area (TPSA) is 0 Å². The standard InChI is InChI=1S/C22H20S/c1-22(2,3)19-14-8-13-18-17-12-7-11-16(20(17)23-21(18)19)15-9-5-4-6-10-15/h4-14H,1-3H3. The summed E-state index contributed by atoms with van der Waals surface area (Å²) in [6.45, 7) is 6.89. The Morgan fingerprint density at radius 1 is 0.652 bits per heavy atom. The highest BCUT2D eigenvalue weighted by atomic mass is 32.1. The van der Waals surface area contributed by atoms with Crippen LogP contribution in [0.3, 0.4) is 0 Å². The van der Waals surface area contributed by atoms with E-state index in [0.29, 0.717) is 0 Å². The SMILES string of the molecule is CC(C)(C)c1cccc2c1sc1c(-c3ccccc3)cccc12. The molecule has 1 heteroatoms. The third kappa shape index (κ3) is 2.36. The lowest BCUT2D eigenvalue weighted by atomic mass is 9.86. The zero-order valence-corrected chi connectivity index (χ0v) is 14.6. The summed E-state index contributed by atoms with van der Waals surface area (Å²) in [6.07, 6.45) is 0. The summed E-state index contributed by atoms with van der Waals surface area (Å²) in [4.78, 5) is 0. The van der Waals surface area contributed by atoms with Crippen LogP contribution < -0.4 is 0 Å². The van der Waals surface area contributed by atoms with Gasteiger partial charge in [-0.25, -0.2) is 0 Å². The molecule has 0 radical (unpaired) electrons. The molecule has 0 aliphatic carbocycles. The summed E-state index contributed by atoms with van der Waals surface area (Å²) in [5.74, 6) is 0. The van der Waals surface area contributed by atoms with Crippen molar-refractivity contribution in [2.75, 3.05) is 0 Å². The second kappa shape index (κ2) is 5.21. The first-order chi connectivity index (χ1) is 11.1. The van der Waals surface area contributed by atoms with E-state index in [2.05, 4.69) is 87.5 Å². The van der Waals surface area contributed by atoms with Crippen molar-refractivity contribution in [1.82, 2.24) is 0 Å². The molecule has 0 aliphatic heterocycles. The van der Waals surface area contributed by atoms with Gasteiger partial charge in [0.05, 0.1) is 0 Å². The molecule has 0 nitrogen and oxygen atoms in total. The second-order valence-corrected chi connectivity index (χ2v) is 8.10. The van der Waals surface area contributed by atoms with Crippen molar-refractivity contribution in [3.8, 4) is 11.1 Å². The van der Waals surface area contributed by atoms with Gasteiger partial charge in [-0.1, -0.05) is 87.5 Å². The smallest absolute Gasteiger partial charge is 0.0433 e. The molecule has 0 saturated heterocycles. The average Bonchev–Trinajstić information content (AvgIpc) is 2.93. The first-order valence-corrected chi connectivity index (χ1v) is 8.87. The zero-order valence-electron chi connectivity index (χ0n) is 13.8. The van der Waals surface area contributed by atoms with Crippen LogP contribution in [0.2, 0.25) is 0 Å². The molecule has 4 aromatic rings. The van der Waals surface area contributed by atoms with Crippen molar-refractivity contribution in [3.05, 3.63) is 72.3 Å². The van der Waals surface area contributed by atoms with Gasteiger partial charge in [0.25, 0.3) is 0 Å². The summed E-state index contributed by atoms with van der Waals surface area (Å²) < 4.78 is 2.82. The Labute approximate surface area is 141 Å². The fourth-order valence-corrected chi connectivity index (χ4v) is 4.82. The molecule has 4 rings (SSSR count). The molecule has 0 bridgehead atoms. The molecular formula is C22H20S. The Bertz CT molecular complexity index is 985. The van der Waals surface area contributed by atoms with Crippen molar-refractivity contribution in [2.24, 2.45) is 0 Å². The minimum absolute atomic E-state index is 0.160. The van der Waals surface area contributed by atoms with Gasteiger partial charge in [-0.3, -0.25) is 0 Å². The summed E-state index contributed by atoms with van der Waals surface area (Å²) in [6, 6.07) is 24.1. The quantitative estimate of drug-likeness (QED) is 0.354. The lowest BCUT2D eigenvalue weighted by Gasteiger charge is -2.19. The van der Waals surface area contributed by atoms with Gasteiger partial charge in [-0.2, -0.15) is 0 Å². The van der Waals surface area contributed by atoms with E-state index in [1.54, 1.807) is 0 Å². The highest BCUT2D eigenvalue weighted by Gasteiger charge is 2.19. The Morgan fingerprint density at radius 2 is 1.30 bits per heavy atom. The van der Waals surface area contributed by atoms with E-state index < -0.39 is 0 Å². The van der Waals surface area contributed by atoms with Crippen molar-refractivity contribution < 1.29 is 0 Å². The Morgan fingerprint density at radius 3 is 2.00 bits per heavy atom. The second-order valence-electron chi connectivity index (χ2n) is 7.08. The molecule has 0 atom stereocenters. The van der Waals surface area contributed by atoms with Crippen LogP contribution in [-0.4, -0.2) is 0 Å². The van der Waals surface area contributed by atoms with Gasteiger partial charge in [0.15, 0.2) is 0 Å². The number of benzene rings is 3. The Balaban J connectivity index is 2.10. The van der Waals surface area contributed by atoms with E-state index in [9.17, 15) is 0 Å². The largest absolute Gasteiger partial charge is 0.134 e. The van der Waals surface area contributed by atoms with Crippen LogP contribution in [0.25, 0.3) is 31.3 Å². The predicted octanol–water partition coefficient (Wildman–Crippen LogP) is 7.02. The predicted molar refractivity (Wildman–Crippen MR) is 103 cm³/mol. The van der Waals surface area contributed by atoms with Crippen LogP contribution in [0.1, 0.15) is 26.3 Å². The van der Waals surface area contributed by atoms with Crippen LogP contribution in [0.15, 0.2) is 66.7 Å². The molecule has 1 aromatic heterocycles. The monoisotopic (exact) mass is 316 g/mol. The van der Waals surface area contributed by atoms with E-state index >= 15 is 0 Å². The number of rotatable bonds is 1. The normalized spacial score (nSPS) is 12.1. The summed E-state index contributed by atoms with van der Waals surface area (Å²) >= 11 is 1.94. The molecule has 114 valence electrons. The molecule has 1 heterocycles. The van der Waals surface area contributed by atoms with Gasteiger partial charge in [0.1, 0.15) is 0 Å². The molecule has 0 spiro atoms. The van der Waals surface area contributed by atoms with Crippen LogP contribution in [-0.2, 0) is 5.41 Å². The highest BCUT2D eigenvalue weighted by molar-refractivity contribution is 7.26. The van der Waals surface area contributed by atoms with E-state index in [1.165, 1.54) is 36.9 Å². The molecule has 0 fully saturated rings. The Hall–Kier alpha value is -2.12. The summed E-state index contributed by atoms with van der Waals surface area (Å²) in [5, 5.41) is 2.76. The Kier molecular flexibility index (Phi) is 3.28. The van der Waals surface area contributed by atoms with Crippen LogP contribution in [0.5, 0.6) is 0 Å². The molecular weight excluding hydrogens is 296 g/mol. The maximum atomic E-state index is 2.30. The van der Waals surface area contributed by atoms with Gasteiger partial charge in [-0.05, 0) is 22.1 Å². The number of thiophene rings is 1. The van der Waals surface area contributed by atoms with Crippen molar-refractivity contribution in [3.63, 3.8) is 0 Å². The fraction of sp³-hybridized carbons (Fsp3) is 0.182. The molecule has 0 amide bonds. The van der Waals surface area contributed by atoms with Crippen LogP contribution in [0.4, 0.5) is 0 Å². The average molecular weight is 316 g/mol. The number of hydrogen-bond donors (Lipinski definition) is 0. The lowest BCUT2D eigenvalue weighted by molar-refractivity contribution is 0.597. The van der Waals surface area contributed by atoms with Crippen molar-refractivity contribution >= 4 is 31.5 Å².